The highest BCUT2D eigenvalue weighted by Gasteiger charge is 2.18. The molecular weight excluding hydrogens is 264 g/mol. The van der Waals surface area contributed by atoms with Gasteiger partial charge in [-0.2, -0.15) is 0 Å². The number of aromatic nitrogens is 5. The van der Waals surface area contributed by atoms with E-state index >= 15 is 0 Å². The van der Waals surface area contributed by atoms with Crippen LogP contribution in [0, 0.1) is 0 Å². The third-order valence-electron chi connectivity index (χ3n) is 3.13. The number of hydrogen-bond donors (Lipinski definition) is 1. The van der Waals surface area contributed by atoms with Crippen molar-refractivity contribution in [2.45, 2.75) is 0 Å². The van der Waals surface area contributed by atoms with Gasteiger partial charge in [0.05, 0.1) is 4.99 Å². The third-order valence-corrected chi connectivity index (χ3v) is 3.26. The Hall–Kier alpha value is -1.87. The van der Waals surface area contributed by atoms with E-state index < -0.39 is 0 Å². The van der Waals surface area contributed by atoms with E-state index in [0.29, 0.717) is 17.2 Å². The molecule has 2 aromatic rings. The maximum atomic E-state index is 5.56. The standard InChI is InChI=1S/C10H14N8S/c11-8(19)7-16-3-5-17(6-4-16)10-2-1-9-12-14-15-18(9)13-10/h1-2H,3-7H2,(H2,11,19). The van der Waals surface area contributed by atoms with Crippen LogP contribution in [0.5, 0.6) is 0 Å². The van der Waals surface area contributed by atoms with Crippen molar-refractivity contribution in [1.29, 1.82) is 0 Å². The summed E-state index contributed by atoms with van der Waals surface area (Å²) in [6.45, 7) is 4.31. The second-order valence-electron chi connectivity index (χ2n) is 4.45. The van der Waals surface area contributed by atoms with Gasteiger partial charge in [0.1, 0.15) is 0 Å². The lowest BCUT2D eigenvalue weighted by atomic mass is 10.3. The normalized spacial score (nSPS) is 16.9. The molecule has 100 valence electrons. The van der Waals surface area contributed by atoms with Crippen molar-refractivity contribution < 1.29 is 0 Å². The summed E-state index contributed by atoms with van der Waals surface area (Å²) in [4.78, 5) is 4.99. The molecule has 0 bridgehead atoms. The van der Waals surface area contributed by atoms with Crippen LogP contribution in [0.1, 0.15) is 0 Å². The van der Waals surface area contributed by atoms with Crippen LogP contribution in [0.15, 0.2) is 12.1 Å². The molecule has 2 aromatic heterocycles. The predicted molar refractivity (Wildman–Crippen MR) is 74.0 cm³/mol. The molecule has 0 aromatic carbocycles. The lowest BCUT2D eigenvalue weighted by Crippen LogP contribution is -2.48. The molecule has 1 saturated heterocycles. The van der Waals surface area contributed by atoms with Crippen molar-refractivity contribution in [1.82, 2.24) is 30.2 Å². The number of thiocarbonyl (C=S) groups is 1. The van der Waals surface area contributed by atoms with Crippen LogP contribution in [-0.4, -0.2) is 67.9 Å². The topological polar surface area (TPSA) is 88.5 Å². The minimum atomic E-state index is 0.543. The molecule has 2 N–H and O–H groups in total. The summed E-state index contributed by atoms with van der Waals surface area (Å²) < 4.78 is 1.44. The predicted octanol–water partition coefficient (Wildman–Crippen LogP) is -1.07. The highest BCUT2D eigenvalue weighted by molar-refractivity contribution is 7.80. The van der Waals surface area contributed by atoms with E-state index in [0.717, 1.165) is 32.0 Å². The summed E-state index contributed by atoms with van der Waals surface area (Å²) in [7, 11) is 0. The van der Waals surface area contributed by atoms with Crippen LogP contribution < -0.4 is 10.6 Å². The average Bonchev–Trinajstić information content (AvgIpc) is 2.86. The number of anilines is 1. The summed E-state index contributed by atoms with van der Waals surface area (Å²) in [5.74, 6) is 0.884. The van der Waals surface area contributed by atoms with Crippen molar-refractivity contribution in [2.75, 3.05) is 37.6 Å². The maximum absolute atomic E-state index is 5.56. The van der Waals surface area contributed by atoms with Gasteiger partial charge in [-0.1, -0.05) is 12.2 Å². The summed E-state index contributed by atoms with van der Waals surface area (Å²) in [5, 5.41) is 15.6. The van der Waals surface area contributed by atoms with Crippen molar-refractivity contribution >= 4 is 28.7 Å². The van der Waals surface area contributed by atoms with Gasteiger partial charge in [-0.15, -0.1) is 14.8 Å². The van der Waals surface area contributed by atoms with Gasteiger partial charge < -0.3 is 10.6 Å². The van der Waals surface area contributed by atoms with E-state index in [4.69, 9.17) is 18.0 Å². The molecule has 3 rings (SSSR count). The zero-order chi connectivity index (χ0) is 13.2. The second kappa shape index (κ2) is 5.02. The van der Waals surface area contributed by atoms with Crippen molar-refractivity contribution in [3.63, 3.8) is 0 Å². The van der Waals surface area contributed by atoms with E-state index in [9.17, 15) is 0 Å². The summed E-state index contributed by atoms with van der Waals surface area (Å²) in [6.07, 6.45) is 0. The zero-order valence-corrected chi connectivity index (χ0v) is 11.1. The minimum Gasteiger partial charge on any atom is -0.392 e. The van der Waals surface area contributed by atoms with Gasteiger partial charge in [-0.3, -0.25) is 4.90 Å². The molecule has 3 heterocycles. The monoisotopic (exact) mass is 278 g/mol. The smallest absolute Gasteiger partial charge is 0.200 e. The first-order valence-corrected chi connectivity index (χ1v) is 6.44. The molecule has 9 heteroatoms. The minimum absolute atomic E-state index is 0.543. The van der Waals surface area contributed by atoms with Crippen molar-refractivity contribution in [3.05, 3.63) is 12.1 Å². The fourth-order valence-electron chi connectivity index (χ4n) is 2.16. The molecule has 1 aliphatic rings. The van der Waals surface area contributed by atoms with Crippen LogP contribution >= 0.6 is 12.2 Å². The first-order valence-electron chi connectivity index (χ1n) is 6.03. The first-order chi connectivity index (χ1) is 9.22. The molecule has 0 atom stereocenters. The number of nitrogens with zero attached hydrogens (tertiary/aromatic N) is 7. The number of rotatable bonds is 3. The second-order valence-corrected chi connectivity index (χ2v) is 4.97. The van der Waals surface area contributed by atoms with Gasteiger partial charge in [0, 0.05) is 32.7 Å². The number of fused-ring (bicyclic) bond motifs is 1. The number of tetrazole rings is 1. The fourth-order valence-corrected chi connectivity index (χ4v) is 2.35. The third kappa shape index (κ3) is 2.61. The highest BCUT2D eigenvalue weighted by atomic mass is 32.1. The van der Waals surface area contributed by atoms with Gasteiger partial charge >= 0.3 is 0 Å². The molecule has 0 unspecified atom stereocenters. The summed E-state index contributed by atoms with van der Waals surface area (Å²) in [5.41, 5.74) is 6.21. The van der Waals surface area contributed by atoms with E-state index in [2.05, 4.69) is 30.4 Å². The van der Waals surface area contributed by atoms with Crippen molar-refractivity contribution in [2.24, 2.45) is 5.73 Å². The summed E-state index contributed by atoms with van der Waals surface area (Å²) in [6, 6.07) is 3.80. The lowest BCUT2D eigenvalue weighted by molar-refractivity contribution is 0.291. The maximum Gasteiger partial charge on any atom is 0.200 e. The number of piperazine rings is 1. The molecule has 0 aliphatic carbocycles. The van der Waals surface area contributed by atoms with Crippen LogP contribution in [-0.2, 0) is 0 Å². The van der Waals surface area contributed by atoms with Crippen LogP contribution in [0.25, 0.3) is 5.65 Å². The number of nitrogens with two attached hydrogens (primary N) is 1. The molecule has 0 saturated carbocycles. The SMILES string of the molecule is NC(=S)CN1CCN(c2ccc3nnnn3n2)CC1. The Balaban J connectivity index is 1.69. The van der Waals surface area contributed by atoms with E-state index in [1.54, 1.807) is 0 Å². The van der Waals surface area contributed by atoms with Crippen LogP contribution in [0.3, 0.4) is 0 Å². The Bertz CT molecular complexity index is 588. The zero-order valence-electron chi connectivity index (χ0n) is 10.3. The molecule has 0 spiro atoms. The van der Waals surface area contributed by atoms with Gasteiger partial charge in [-0.05, 0) is 22.6 Å². The molecular formula is C10H14N8S. The Labute approximate surface area is 115 Å². The van der Waals surface area contributed by atoms with Gasteiger partial charge in [0.25, 0.3) is 0 Å². The lowest BCUT2D eigenvalue weighted by Gasteiger charge is -2.34. The van der Waals surface area contributed by atoms with E-state index in [1.165, 1.54) is 4.63 Å². The van der Waals surface area contributed by atoms with Crippen LogP contribution in [0.4, 0.5) is 5.82 Å². The fraction of sp³-hybridized carbons (Fsp3) is 0.500. The quantitative estimate of drug-likeness (QED) is 0.710. The Morgan fingerprint density at radius 1 is 1.26 bits per heavy atom. The Morgan fingerprint density at radius 3 is 2.79 bits per heavy atom. The molecule has 1 aliphatic heterocycles. The molecule has 0 amide bonds. The van der Waals surface area contributed by atoms with Crippen molar-refractivity contribution in [3.8, 4) is 0 Å². The average molecular weight is 278 g/mol. The van der Waals surface area contributed by atoms with E-state index in [-0.39, 0.29) is 0 Å². The molecule has 8 nitrogen and oxygen atoms in total. The molecule has 0 radical (unpaired) electrons. The Morgan fingerprint density at radius 2 is 2.05 bits per heavy atom. The van der Waals surface area contributed by atoms with E-state index in [1.807, 2.05) is 12.1 Å². The summed E-state index contributed by atoms with van der Waals surface area (Å²) >= 11 is 4.93. The molecule has 19 heavy (non-hydrogen) atoms. The van der Waals surface area contributed by atoms with Gasteiger partial charge in [-0.25, -0.2) is 0 Å². The largest absolute Gasteiger partial charge is 0.392 e. The van der Waals surface area contributed by atoms with Crippen LogP contribution in [0.2, 0.25) is 0 Å². The highest BCUT2D eigenvalue weighted by Crippen LogP contribution is 2.13. The Kier molecular flexibility index (Phi) is 3.22. The molecule has 1 fully saturated rings. The number of hydrogen-bond acceptors (Lipinski definition) is 7. The van der Waals surface area contributed by atoms with Gasteiger partial charge in [0.15, 0.2) is 11.5 Å². The van der Waals surface area contributed by atoms with Gasteiger partial charge in [0.2, 0.25) is 0 Å². The first kappa shape index (κ1) is 12.2.